The van der Waals surface area contributed by atoms with Gasteiger partial charge in [-0.25, -0.2) is 0 Å². The van der Waals surface area contributed by atoms with Gasteiger partial charge in [-0.15, -0.1) is 0 Å². The molecule has 1 heterocycles. The molecule has 0 spiro atoms. The van der Waals surface area contributed by atoms with E-state index in [9.17, 15) is 38.4 Å². The highest BCUT2D eigenvalue weighted by molar-refractivity contribution is 6.03. The molecule has 15 heteroatoms. The summed E-state index contributed by atoms with van der Waals surface area (Å²) in [4.78, 5) is 102. The van der Waals surface area contributed by atoms with Crippen LogP contribution >= 0.6 is 0 Å². The first kappa shape index (κ1) is 44.7. The molecule has 2 aliphatic rings. The number of likely N-dealkylation sites (tertiary alicyclic amines) is 1. The molecule has 15 nitrogen and oxygen atoms in total. The molecule has 2 fully saturated rings. The number of benzene rings is 1. The van der Waals surface area contributed by atoms with Crippen molar-refractivity contribution in [2.75, 3.05) is 39.5 Å². The van der Waals surface area contributed by atoms with Crippen LogP contribution in [0.15, 0.2) is 30.3 Å². The second kappa shape index (κ2) is 20.3. The number of unbranched alkanes of at least 4 members (excludes halogenated alkanes) is 2. The monoisotopic (exact) mass is 768 g/mol. The van der Waals surface area contributed by atoms with Crippen molar-refractivity contribution in [1.82, 2.24) is 31.5 Å². The molecule has 7 amide bonds. The van der Waals surface area contributed by atoms with E-state index in [0.29, 0.717) is 32.2 Å². The Labute approximate surface area is 324 Å². The number of ketones is 1. The molecule has 304 valence electrons. The number of hydrogen-bond donors (Lipinski definition) is 5. The number of amides is 7. The second-order valence-electron chi connectivity index (χ2n) is 16.7. The standard InChI is InChI=1S/C40H60N6O9/c1-38(2,3)28-21-34(51)46(36(28)53)20-12-8-11-15-30(47)41-22-31(48)42-24-33(50)45-29(17-16-27-13-9-7-10-14-27)35(52)43-23-32(49)44-26-55-25-40(18-19-40)37(54)39(4,5)6/h7,9-10,13-14,28-29H,8,11-12,15-26H2,1-6H3,(H,41,47)(H,42,48)(H,43,52)(H,44,49)(H,45,50)/t28?,29-/m0/s1. The fourth-order valence-corrected chi connectivity index (χ4v) is 6.42. The summed E-state index contributed by atoms with van der Waals surface area (Å²) in [7, 11) is 0. The third-order valence-corrected chi connectivity index (χ3v) is 9.87. The van der Waals surface area contributed by atoms with Gasteiger partial charge in [0.2, 0.25) is 41.4 Å². The maximum Gasteiger partial charge on any atom is 0.243 e. The Morgan fingerprint density at radius 1 is 0.800 bits per heavy atom. The fourth-order valence-electron chi connectivity index (χ4n) is 6.42. The molecule has 3 rings (SSSR count). The summed E-state index contributed by atoms with van der Waals surface area (Å²) in [5, 5.41) is 12.7. The third-order valence-electron chi connectivity index (χ3n) is 9.87. The largest absolute Gasteiger partial charge is 0.360 e. The Morgan fingerprint density at radius 3 is 2.04 bits per heavy atom. The molecule has 1 aliphatic heterocycles. The first-order chi connectivity index (χ1) is 25.8. The molecule has 1 aliphatic carbocycles. The Morgan fingerprint density at radius 2 is 1.42 bits per heavy atom. The lowest BCUT2D eigenvalue weighted by Gasteiger charge is -2.24. The van der Waals surface area contributed by atoms with Gasteiger partial charge >= 0.3 is 0 Å². The van der Waals surface area contributed by atoms with Gasteiger partial charge in [-0.1, -0.05) is 78.3 Å². The highest BCUT2D eigenvalue weighted by atomic mass is 16.5. The van der Waals surface area contributed by atoms with Gasteiger partial charge in [0.25, 0.3) is 0 Å². The van der Waals surface area contributed by atoms with E-state index in [1.807, 2.05) is 71.9 Å². The fraction of sp³-hybridized carbons (Fsp3) is 0.650. The van der Waals surface area contributed by atoms with E-state index in [1.54, 1.807) is 0 Å². The van der Waals surface area contributed by atoms with Crippen molar-refractivity contribution in [1.29, 1.82) is 0 Å². The molecule has 1 saturated heterocycles. The Balaban J connectivity index is 1.34. The van der Waals surface area contributed by atoms with Crippen molar-refractivity contribution in [3.8, 4) is 0 Å². The average molecular weight is 769 g/mol. The summed E-state index contributed by atoms with van der Waals surface area (Å²) < 4.78 is 5.58. The van der Waals surface area contributed by atoms with Crippen LogP contribution in [0.5, 0.6) is 0 Å². The SMILES string of the molecule is CC(C)(C)C(=O)C1(COCNC(=O)CNC(=O)[C@H](CCc2ccccc2)NC(=O)CNC(=O)CNC(=O)CCCCCN2C(=O)CC(C(C)(C)C)C2=O)CC1. The van der Waals surface area contributed by atoms with Gasteiger partial charge in [0.15, 0.2) is 0 Å². The number of rotatable bonds is 22. The number of carbonyl (C=O) groups excluding carboxylic acids is 8. The van der Waals surface area contributed by atoms with Crippen molar-refractivity contribution in [2.45, 2.75) is 105 Å². The zero-order valence-corrected chi connectivity index (χ0v) is 33.3. The smallest absolute Gasteiger partial charge is 0.243 e. The van der Waals surface area contributed by atoms with Crippen molar-refractivity contribution in [3.63, 3.8) is 0 Å². The molecule has 1 saturated carbocycles. The van der Waals surface area contributed by atoms with E-state index in [0.717, 1.165) is 18.4 Å². The van der Waals surface area contributed by atoms with Crippen LogP contribution in [-0.4, -0.2) is 97.6 Å². The quantitative estimate of drug-likeness (QED) is 0.0662. The molecule has 1 aromatic rings. The van der Waals surface area contributed by atoms with Crippen LogP contribution in [0.25, 0.3) is 0 Å². The topological polar surface area (TPSA) is 209 Å². The number of imide groups is 1. The number of aryl methyl sites for hydroxylation is 1. The van der Waals surface area contributed by atoms with E-state index in [1.165, 1.54) is 4.90 Å². The summed E-state index contributed by atoms with van der Waals surface area (Å²) in [5.74, 6) is -3.16. The summed E-state index contributed by atoms with van der Waals surface area (Å²) in [6.45, 7) is 10.7. The molecule has 1 aromatic carbocycles. The average Bonchev–Trinajstić information content (AvgIpc) is 3.86. The van der Waals surface area contributed by atoms with Crippen molar-refractivity contribution in [3.05, 3.63) is 35.9 Å². The summed E-state index contributed by atoms with van der Waals surface area (Å²) in [6, 6.07) is 8.35. The van der Waals surface area contributed by atoms with Crippen LogP contribution in [0.3, 0.4) is 0 Å². The van der Waals surface area contributed by atoms with Gasteiger partial charge in [0, 0.05) is 24.8 Å². The van der Waals surface area contributed by atoms with Crippen LogP contribution in [0.4, 0.5) is 0 Å². The highest BCUT2D eigenvalue weighted by Crippen LogP contribution is 2.50. The van der Waals surface area contributed by atoms with Crippen LogP contribution in [-0.2, 0) is 49.5 Å². The van der Waals surface area contributed by atoms with E-state index in [2.05, 4.69) is 26.6 Å². The minimum absolute atomic E-state index is 0.119. The molecule has 0 aromatic heterocycles. The molecular weight excluding hydrogens is 708 g/mol. The number of ether oxygens (including phenoxy) is 1. The third kappa shape index (κ3) is 14.8. The highest BCUT2D eigenvalue weighted by Gasteiger charge is 2.53. The van der Waals surface area contributed by atoms with Crippen molar-refractivity contribution >= 4 is 47.1 Å². The number of nitrogens with zero attached hydrogens (tertiary/aromatic N) is 1. The zero-order valence-electron chi connectivity index (χ0n) is 33.3. The molecular formula is C40H60N6O9. The van der Waals surface area contributed by atoms with Gasteiger partial charge in [0.1, 0.15) is 18.6 Å². The second-order valence-corrected chi connectivity index (χ2v) is 16.7. The Hall–Kier alpha value is -4.66. The van der Waals surface area contributed by atoms with Gasteiger partial charge in [-0.05, 0) is 49.5 Å². The molecule has 0 bridgehead atoms. The zero-order chi connectivity index (χ0) is 40.8. The van der Waals surface area contributed by atoms with Crippen LogP contribution < -0.4 is 26.6 Å². The van der Waals surface area contributed by atoms with Gasteiger partial charge in [-0.2, -0.15) is 0 Å². The van der Waals surface area contributed by atoms with E-state index in [-0.39, 0.29) is 80.5 Å². The van der Waals surface area contributed by atoms with Gasteiger partial charge in [-0.3, -0.25) is 43.3 Å². The predicted molar refractivity (Wildman–Crippen MR) is 204 cm³/mol. The normalized spacial score (nSPS) is 16.9. The molecule has 2 atom stereocenters. The maximum atomic E-state index is 13.1. The minimum Gasteiger partial charge on any atom is -0.360 e. The van der Waals surface area contributed by atoms with Gasteiger partial charge in [0.05, 0.1) is 37.6 Å². The van der Waals surface area contributed by atoms with Gasteiger partial charge < -0.3 is 31.3 Å². The summed E-state index contributed by atoms with van der Waals surface area (Å²) in [5.41, 5.74) is -0.329. The lowest BCUT2D eigenvalue weighted by molar-refractivity contribution is -0.140. The number of nitrogens with one attached hydrogen (secondary N) is 5. The van der Waals surface area contributed by atoms with E-state index < -0.39 is 47.0 Å². The Kier molecular flexibility index (Phi) is 16.5. The maximum absolute atomic E-state index is 13.1. The lowest BCUT2D eigenvalue weighted by atomic mass is 9.80. The van der Waals surface area contributed by atoms with Crippen molar-refractivity contribution < 1.29 is 43.1 Å². The molecule has 1 unspecified atom stereocenters. The van der Waals surface area contributed by atoms with Crippen LogP contribution in [0.2, 0.25) is 0 Å². The number of Topliss-reactive ketones (excluding diaryl/α,β-unsaturated/α-hetero) is 1. The summed E-state index contributed by atoms with van der Waals surface area (Å²) in [6.07, 6.45) is 4.27. The number of carbonyl (C=O) groups is 8. The van der Waals surface area contributed by atoms with Crippen LogP contribution in [0.1, 0.15) is 98.5 Å². The molecule has 5 N–H and O–H groups in total. The predicted octanol–water partition coefficient (Wildman–Crippen LogP) is 1.92. The van der Waals surface area contributed by atoms with Crippen molar-refractivity contribution in [2.24, 2.45) is 22.2 Å². The molecule has 55 heavy (non-hydrogen) atoms. The minimum atomic E-state index is -1.01. The lowest BCUT2D eigenvalue weighted by Crippen LogP contribution is -2.51. The Bertz CT molecular complexity index is 1550. The van der Waals surface area contributed by atoms with Crippen LogP contribution in [0, 0.1) is 22.2 Å². The number of hydrogen-bond acceptors (Lipinski definition) is 9. The first-order valence-corrected chi connectivity index (χ1v) is 19.2. The summed E-state index contributed by atoms with van der Waals surface area (Å²) >= 11 is 0. The van der Waals surface area contributed by atoms with E-state index in [4.69, 9.17) is 4.74 Å². The molecule has 0 radical (unpaired) electrons. The van der Waals surface area contributed by atoms with E-state index >= 15 is 0 Å². The first-order valence-electron chi connectivity index (χ1n) is 19.2.